The van der Waals surface area contributed by atoms with E-state index in [1.807, 2.05) is 10.7 Å². The molecule has 3 heterocycles. The third kappa shape index (κ3) is 1.31. The van der Waals surface area contributed by atoms with Crippen LogP contribution in [0.15, 0.2) is 40.6 Å². The molecule has 0 unspecified atom stereocenters. The molecular formula is C13H10N4S. The Morgan fingerprint density at radius 3 is 3.11 bits per heavy atom. The maximum Gasteiger partial charge on any atom is 0.191 e. The zero-order valence-electron chi connectivity index (χ0n) is 9.79. The Morgan fingerprint density at radius 2 is 2.17 bits per heavy atom. The number of hydrogen-bond donors (Lipinski definition) is 0. The van der Waals surface area contributed by atoms with E-state index >= 15 is 0 Å². The molecule has 0 radical (unpaired) electrons. The number of nitrogens with zero attached hydrogens (tertiary/aromatic N) is 4. The van der Waals surface area contributed by atoms with Crippen molar-refractivity contribution in [2.75, 3.05) is 0 Å². The molecule has 0 bridgehead atoms. The summed E-state index contributed by atoms with van der Waals surface area (Å²) in [5.74, 6) is 0. The first-order valence-corrected chi connectivity index (χ1v) is 6.58. The predicted molar refractivity (Wildman–Crippen MR) is 69.7 cm³/mol. The number of hydrogen-bond acceptors (Lipinski definition) is 4. The van der Waals surface area contributed by atoms with Crippen LogP contribution in [0.25, 0.3) is 10.9 Å². The Balaban J connectivity index is 2.05. The predicted octanol–water partition coefficient (Wildman–Crippen LogP) is 2.65. The van der Waals surface area contributed by atoms with Crippen molar-refractivity contribution in [2.45, 2.75) is 23.5 Å². The smallest absolute Gasteiger partial charge is 0.191 e. The normalized spacial score (nSPS) is 13.4. The molecule has 18 heavy (non-hydrogen) atoms. The molecule has 0 N–H and O–H groups in total. The van der Waals surface area contributed by atoms with Crippen LogP contribution in [0, 0.1) is 6.92 Å². The van der Waals surface area contributed by atoms with E-state index in [2.05, 4.69) is 40.2 Å². The van der Waals surface area contributed by atoms with Gasteiger partial charge in [0.1, 0.15) is 6.33 Å². The summed E-state index contributed by atoms with van der Waals surface area (Å²) >= 11 is 1.68. The van der Waals surface area contributed by atoms with Gasteiger partial charge in [0.25, 0.3) is 0 Å². The second-order valence-corrected chi connectivity index (χ2v) is 5.30. The third-order valence-corrected chi connectivity index (χ3v) is 4.40. The van der Waals surface area contributed by atoms with Gasteiger partial charge in [-0.3, -0.25) is 4.98 Å². The van der Waals surface area contributed by atoms with E-state index in [0.717, 1.165) is 22.9 Å². The van der Waals surface area contributed by atoms with Crippen LogP contribution in [0.4, 0.5) is 0 Å². The summed E-state index contributed by atoms with van der Waals surface area (Å²) in [4.78, 5) is 10.2. The zero-order valence-corrected chi connectivity index (χ0v) is 10.6. The molecule has 0 spiro atoms. The van der Waals surface area contributed by atoms with E-state index in [0.29, 0.717) is 0 Å². The van der Waals surface area contributed by atoms with Gasteiger partial charge in [-0.1, -0.05) is 18.2 Å². The second kappa shape index (κ2) is 3.55. The average molecular weight is 254 g/mol. The summed E-state index contributed by atoms with van der Waals surface area (Å²) in [6.45, 7) is 2.83. The summed E-state index contributed by atoms with van der Waals surface area (Å²) in [7, 11) is 0. The van der Waals surface area contributed by atoms with E-state index in [9.17, 15) is 0 Å². The third-order valence-electron chi connectivity index (χ3n) is 3.23. The Hall–Kier alpha value is -1.88. The highest BCUT2D eigenvalue weighted by atomic mass is 32.2. The maximum absolute atomic E-state index is 4.67. The first kappa shape index (κ1) is 10.1. The molecule has 2 aromatic heterocycles. The lowest BCUT2D eigenvalue weighted by Gasteiger charge is -2.19. The van der Waals surface area contributed by atoms with E-state index in [1.54, 1.807) is 18.1 Å². The number of fused-ring (bicyclic) bond motifs is 4. The summed E-state index contributed by atoms with van der Waals surface area (Å²) in [6, 6.07) is 8.26. The molecular weight excluding hydrogens is 244 g/mol. The topological polar surface area (TPSA) is 43.6 Å². The van der Waals surface area contributed by atoms with Gasteiger partial charge >= 0.3 is 0 Å². The standard InChI is InChI=1S/C13H10N4S/c1-8-10-6-17-13(14-7-15-17)18-12(10)9-4-2-3-5-11(9)16-8/h2-5,7H,6H2,1H3. The van der Waals surface area contributed by atoms with Crippen molar-refractivity contribution in [3.63, 3.8) is 0 Å². The van der Waals surface area contributed by atoms with Crippen molar-refractivity contribution in [2.24, 2.45) is 0 Å². The van der Waals surface area contributed by atoms with Crippen LogP contribution in [0.5, 0.6) is 0 Å². The van der Waals surface area contributed by atoms with E-state index in [-0.39, 0.29) is 0 Å². The Labute approximate surface area is 108 Å². The largest absolute Gasteiger partial charge is 0.253 e. The van der Waals surface area contributed by atoms with Crippen molar-refractivity contribution >= 4 is 22.7 Å². The number of pyridine rings is 1. The van der Waals surface area contributed by atoms with Crippen molar-refractivity contribution < 1.29 is 0 Å². The maximum atomic E-state index is 4.67. The number of para-hydroxylation sites is 1. The minimum absolute atomic E-state index is 0.765. The fraction of sp³-hybridized carbons (Fsp3) is 0.154. The molecule has 1 aliphatic rings. The van der Waals surface area contributed by atoms with Gasteiger partial charge in [-0.05, 0) is 24.8 Å². The van der Waals surface area contributed by atoms with Gasteiger partial charge in [0.2, 0.25) is 0 Å². The van der Waals surface area contributed by atoms with E-state index in [4.69, 9.17) is 0 Å². The summed E-state index contributed by atoms with van der Waals surface area (Å²) in [6.07, 6.45) is 1.61. The van der Waals surface area contributed by atoms with Crippen LogP contribution >= 0.6 is 11.8 Å². The zero-order chi connectivity index (χ0) is 12.1. The fourth-order valence-electron chi connectivity index (χ4n) is 2.32. The van der Waals surface area contributed by atoms with Crippen LogP contribution in [0.3, 0.4) is 0 Å². The lowest BCUT2D eigenvalue weighted by Crippen LogP contribution is -2.12. The van der Waals surface area contributed by atoms with Crippen molar-refractivity contribution in [3.05, 3.63) is 41.9 Å². The van der Waals surface area contributed by atoms with Crippen LogP contribution < -0.4 is 0 Å². The van der Waals surface area contributed by atoms with Crippen molar-refractivity contribution in [3.8, 4) is 0 Å². The average Bonchev–Trinajstić information content (AvgIpc) is 2.84. The number of benzene rings is 1. The van der Waals surface area contributed by atoms with Gasteiger partial charge < -0.3 is 0 Å². The fourth-order valence-corrected chi connectivity index (χ4v) is 3.44. The van der Waals surface area contributed by atoms with Crippen LogP contribution in [0.2, 0.25) is 0 Å². The lowest BCUT2D eigenvalue weighted by molar-refractivity contribution is 0.599. The molecule has 4 rings (SSSR count). The van der Waals surface area contributed by atoms with E-state index < -0.39 is 0 Å². The molecule has 0 fully saturated rings. The van der Waals surface area contributed by atoms with Gasteiger partial charge in [-0.2, -0.15) is 5.10 Å². The quantitative estimate of drug-likeness (QED) is 0.484. The van der Waals surface area contributed by atoms with Gasteiger partial charge in [-0.25, -0.2) is 9.67 Å². The summed E-state index contributed by atoms with van der Waals surface area (Å²) in [5.41, 5.74) is 3.39. The first-order chi connectivity index (χ1) is 8.83. The SMILES string of the molecule is Cc1nc2ccccc2c2c1Cn1ncnc1S2. The van der Waals surface area contributed by atoms with Crippen LogP contribution in [-0.2, 0) is 6.54 Å². The summed E-state index contributed by atoms with van der Waals surface area (Å²) in [5, 5.41) is 6.40. The molecule has 3 aromatic rings. The van der Waals surface area contributed by atoms with Crippen molar-refractivity contribution in [1.29, 1.82) is 0 Å². The van der Waals surface area contributed by atoms with E-state index in [1.165, 1.54) is 15.8 Å². The Morgan fingerprint density at radius 1 is 1.28 bits per heavy atom. The highest BCUT2D eigenvalue weighted by Gasteiger charge is 2.22. The molecule has 5 heteroatoms. The molecule has 0 amide bonds. The highest BCUT2D eigenvalue weighted by Crippen LogP contribution is 2.39. The molecule has 0 saturated heterocycles. The molecule has 4 nitrogen and oxygen atoms in total. The monoisotopic (exact) mass is 254 g/mol. The minimum atomic E-state index is 0.765. The van der Waals surface area contributed by atoms with Crippen LogP contribution in [-0.4, -0.2) is 19.7 Å². The van der Waals surface area contributed by atoms with Gasteiger partial charge in [0.05, 0.1) is 12.1 Å². The molecule has 1 aromatic carbocycles. The minimum Gasteiger partial charge on any atom is -0.253 e. The van der Waals surface area contributed by atoms with Gasteiger partial charge in [0.15, 0.2) is 5.16 Å². The molecule has 0 saturated carbocycles. The van der Waals surface area contributed by atoms with Crippen LogP contribution in [0.1, 0.15) is 11.3 Å². The molecule has 88 valence electrons. The Bertz CT molecular complexity index is 763. The highest BCUT2D eigenvalue weighted by molar-refractivity contribution is 7.99. The first-order valence-electron chi connectivity index (χ1n) is 5.77. The van der Waals surface area contributed by atoms with Gasteiger partial charge in [0, 0.05) is 21.5 Å². The van der Waals surface area contributed by atoms with Crippen molar-refractivity contribution in [1.82, 2.24) is 19.7 Å². The number of aromatic nitrogens is 4. The number of rotatable bonds is 0. The molecule has 0 aliphatic carbocycles. The lowest BCUT2D eigenvalue weighted by atomic mass is 10.1. The summed E-state index contributed by atoms with van der Waals surface area (Å²) < 4.78 is 1.93. The van der Waals surface area contributed by atoms with Gasteiger partial charge in [-0.15, -0.1) is 0 Å². The Kier molecular flexibility index (Phi) is 1.99. The molecule has 0 atom stereocenters. The second-order valence-electron chi connectivity index (χ2n) is 4.32. The number of aryl methyl sites for hydroxylation is 1. The molecule has 1 aliphatic heterocycles.